The molecule has 150 valence electrons. The van der Waals surface area contributed by atoms with E-state index in [1.54, 1.807) is 11.3 Å². The average Bonchev–Trinajstić information content (AvgIpc) is 3.41. The smallest absolute Gasteiger partial charge is 0.227 e. The zero-order chi connectivity index (χ0) is 20.2. The summed E-state index contributed by atoms with van der Waals surface area (Å²) in [4.78, 5) is 16.5. The molecule has 29 heavy (non-hydrogen) atoms. The zero-order valence-corrected chi connectivity index (χ0v) is 17.8. The zero-order valence-electron chi connectivity index (χ0n) is 17.0. The van der Waals surface area contributed by atoms with Gasteiger partial charge < -0.3 is 9.80 Å². The topological polar surface area (TPSA) is 59.3 Å². The molecule has 1 unspecified atom stereocenters. The minimum absolute atomic E-state index is 0.395. The maximum Gasteiger partial charge on any atom is 0.227 e. The molecule has 3 aromatic rings. The molecule has 7 heteroatoms. The van der Waals surface area contributed by atoms with Gasteiger partial charge >= 0.3 is 0 Å². The van der Waals surface area contributed by atoms with Gasteiger partial charge in [0.2, 0.25) is 5.95 Å². The molecule has 1 aromatic carbocycles. The number of hydrogen-bond donors (Lipinski definition) is 0. The number of hydrogen-bond acceptors (Lipinski definition) is 7. The van der Waals surface area contributed by atoms with Crippen molar-refractivity contribution in [2.45, 2.75) is 25.4 Å². The lowest BCUT2D eigenvalue weighted by atomic mass is 10.2. The van der Waals surface area contributed by atoms with Gasteiger partial charge in [0.05, 0.1) is 22.7 Å². The van der Waals surface area contributed by atoms with E-state index < -0.39 is 0 Å². The van der Waals surface area contributed by atoms with Crippen LogP contribution < -0.4 is 9.80 Å². The van der Waals surface area contributed by atoms with E-state index in [1.165, 1.54) is 5.56 Å². The highest BCUT2D eigenvalue weighted by atomic mass is 32.1. The normalized spacial score (nSPS) is 16.8. The Hall–Kier alpha value is -2.69. The van der Waals surface area contributed by atoms with E-state index in [1.807, 2.05) is 7.05 Å². The lowest BCUT2D eigenvalue weighted by Crippen LogP contribution is -2.36. The fourth-order valence-corrected chi connectivity index (χ4v) is 4.73. The van der Waals surface area contributed by atoms with Gasteiger partial charge in [-0.3, -0.25) is 4.90 Å². The van der Waals surface area contributed by atoms with Gasteiger partial charge in [-0.25, -0.2) is 4.98 Å². The summed E-state index contributed by atoms with van der Waals surface area (Å²) in [5, 5.41) is 11.0. The van der Waals surface area contributed by atoms with Gasteiger partial charge in [-0.2, -0.15) is 10.2 Å². The summed E-state index contributed by atoms with van der Waals surface area (Å²) in [7, 11) is 4.10. The average molecular weight is 407 g/mol. The number of rotatable bonds is 7. The maximum atomic E-state index is 8.93. The van der Waals surface area contributed by atoms with Crippen LogP contribution in [0.25, 0.3) is 10.2 Å². The molecule has 6 nitrogen and oxygen atoms in total. The molecule has 1 aliphatic heterocycles. The third-order valence-electron chi connectivity index (χ3n) is 5.55. The SMILES string of the molecule is CN(CCC#N)c1nc(N(C)C2CCN(Cc3ccccc3)C2)nc2ccsc12. The molecule has 1 aliphatic rings. The van der Waals surface area contributed by atoms with Crippen LogP contribution in [0.2, 0.25) is 0 Å². The van der Waals surface area contributed by atoms with Crippen LogP contribution in [0, 0.1) is 11.3 Å². The van der Waals surface area contributed by atoms with Crippen molar-refractivity contribution in [3.63, 3.8) is 0 Å². The molecule has 4 rings (SSSR count). The number of fused-ring (bicyclic) bond motifs is 1. The summed E-state index contributed by atoms with van der Waals surface area (Å²) in [5.74, 6) is 1.68. The molecule has 0 bridgehead atoms. The van der Waals surface area contributed by atoms with Crippen molar-refractivity contribution in [3.8, 4) is 6.07 Å². The second-order valence-corrected chi connectivity index (χ2v) is 8.50. The second kappa shape index (κ2) is 8.76. The maximum absolute atomic E-state index is 8.93. The van der Waals surface area contributed by atoms with Gasteiger partial charge in [-0.15, -0.1) is 11.3 Å². The Labute approximate surface area is 176 Å². The van der Waals surface area contributed by atoms with Gasteiger partial charge in [-0.05, 0) is 23.4 Å². The van der Waals surface area contributed by atoms with Crippen LogP contribution in [-0.4, -0.2) is 54.6 Å². The van der Waals surface area contributed by atoms with E-state index in [9.17, 15) is 0 Å². The Kier molecular flexibility index (Phi) is 5.93. The number of anilines is 2. The summed E-state index contributed by atoms with van der Waals surface area (Å²) in [5.41, 5.74) is 2.33. The van der Waals surface area contributed by atoms with Crippen molar-refractivity contribution in [1.82, 2.24) is 14.9 Å². The molecular formula is C22H26N6S. The first-order valence-electron chi connectivity index (χ1n) is 9.98. The van der Waals surface area contributed by atoms with Crippen molar-refractivity contribution in [3.05, 3.63) is 47.3 Å². The van der Waals surface area contributed by atoms with Crippen LogP contribution in [0.4, 0.5) is 11.8 Å². The van der Waals surface area contributed by atoms with E-state index in [0.29, 0.717) is 19.0 Å². The predicted molar refractivity (Wildman–Crippen MR) is 119 cm³/mol. The molecule has 0 N–H and O–H groups in total. The van der Waals surface area contributed by atoms with Gasteiger partial charge in [0.25, 0.3) is 0 Å². The number of benzene rings is 1. The molecule has 1 fully saturated rings. The molecule has 0 saturated carbocycles. The summed E-state index contributed by atoms with van der Waals surface area (Å²) in [6.45, 7) is 3.74. The predicted octanol–water partition coefficient (Wildman–Crippen LogP) is 3.75. The van der Waals surface area contributed by atoms with Crippen molar-refractivity contribution in [1.29, 1.82) is 5.26 Å². The Morgan fingerprint density at radius 3 is 2.83 bits per heavy atom. The third kappa shape index (κ3) is 4.34. The summed E-state index contributed by atoms with van der Waals surface area (Å²) >= 11 is 1.65. The number of likely N-dealkylation sites (N-methyl/N-ethyl adjacent to an activating group) is 1. The van der Waals surface area contributed by atoms with Crippen LogP contribution in [-0.2, 0) is 6.54 Å². The molecule has 1 saturated heterocycles. The minimum atomic E-state index is 0.395. The highest BCUT2D eigenvalue weighted by Gasteiger charge is 2.28. The first-order valence-corrected chi connectivity index (χ1v) is 10.9. The van der Waals surface area contributed by atoms with Crippen molar-refractivity contribution in [2.75, 3.05) is 43.5 Å². The summed E-state index contributed by atoms with van der Waals surface area (Å²) in [6.07, 6.45) is 1.59. The number of nitrogens with zero attached hydrogens (tertiary/aromatic N) is 6. The van der Waals surface area contributed by atoms with Gasteiger partial charge in [-0.1, -0.05) is 30.3 Å². The lowest BCUT2D eigenvalue weighted by molar-refractivity contribution is 0.325. The van der Waals surface area contributed by atoms with Crippen LogP contribution in [0.15, 0.2) is 41.8 Å². The Balaban J connectivity index is 1.51. The van der Waals surface area contributed by atoms with E-state index >= 15 is 0 Å². The van der Waals surface area contributed by atoms with E-state index in [0.717, 1.165) is 48.0 Å². The first-order chi connectivity index (χ1) is 14.2. The van der Waals surface area contributed by atoms with Gasteiger partial charge in [0.1, 0.15) is 0 Å². The molecule has 2 aromatic heterocycles. The summed E-state index contributed by atoms with van der Waals surface area (Å²) < 4.78 is 1.08. The van der Waals surface area contributed by atoms with Gasteiger partial charge in [0, 0.05) is 46.3 Å². The number of likely N-dealkylation sites (tertiary alicyclic amines) is 1. The van der Waals surface area contributed by atoms with Crippen molar-refractivity contribution < 1.29 is 0 Å². The van der Waals surface area contributed by atoms with Crippen LogP contribution in [0.3, 0.4) is 0 Å². The van der Waals surface area contributed by atoms with Crippen LogP contribution >= 0.6 is 11.3 Å². The fourth-order valence-electron chi connectivity index (χ4n) is 3.85. The molecule has 0 radical (unpaired) electrons. The second-order valence-electron chi connectivity index (χ2n) is 7.59. The Morgan fingerprint density at radius 2 is 2.03 bits per heavy atom. The Bertz CT molecular complexity index is 995. The minimum Gasteiger partial charge on any atom is -0.357 e. The largest absolute Gasteiger partial charge is 0.357 e. The summed E-state index contributed by atoms with van der Waals surface area (Å²) in [6, 6.07) is 15.3. The lowest BCUT2D eigenvalue weighted by Gasteiger charge is -2.26. The first kappa shape index (κ1) is 19.6. The number of aromatic nitrogens is 2. The molecule has 0 amide bonds. The fraction of sp³-hybridized carbons (Fsp3) is 0.409. The molecule has 0 aliphatic carbocycles. The van der Waals surface area contributed by atoms with Crippen LogP contribution in [0.5, 0.6) is 0 Å². The monoisotopic (exact) mass is 406 g/mol. The highest BCUT2D eigenvalue weighted by molar-refractivity contribution is 7.17. The Morgan fingerprint density at radius 1 is 1.21 bits per heavy atom. The van der Waals surface area contributed by atoms with Crippen LogP contribution in [0.1, 0.15) is 18.4 Å². The molecule has 1 atom stereocenters. The molecule has 0 spiro atoms. The molecule has 3 heterocycles. The highest BCUT2D eigenvalue weighted by Crippen LogP contribution is 2.31. The van der Waals surface area contributed by atoms with E-state index in [2.05, 4.69) is 69.6 Å². The van der Waals surface area contributed by atoms with E-state index in [-0.39, 0.29) is 0 Å². The molecular weight excluding hydrogens is 380 g/mol. The number of nitriles is 1. The van der Waals surface area contributed by atoms with Crippen molar-refractivity contribution in [2.24, 2.45) is 0 Å². The number of thiophene rings is 1. The van der Waals surface area contributed by atoms with E-state index in [4.69, 9.17) is 15.2 Å². The standard InChI is InChI=1S/C22H26N6S/c1-26(12-6-11-23)21-20-19(10-14-29-20)24-22(25-21)27(2)18-9-13-28(16-18)15-17-7-4-3-5-8-17/h3-5,7-8,10,14,18H,6,9,12-13,15-16H2,1-2H3. The van der Waals surface area contributed by atoms with Crippen molar-refractivity contribution >= 4 is 33.3 Å². The quantitative estimate of drug-likeness (QED) is 0.596. The third-order valence-corrected chi connectivity index (χ3v) is 6.45. The van der Waals surface area contributed by atoms with Gasteiger partial charge in [0.15, 0.2) is 5.82 Å².